The van der Waals surface area contributed by atoms with Gasteiger partial charge < -0.3 is 15.6 Å². The number of imidazole rings is 1. The first-order chi connectivity index (χ1) is 13.3. The minimum atomic E-state index is -4.51. The van der Waals surface area contributed by atoms with Crippen LogP contribution in [0.1, 0.15) is 45.9 Å². The van der Waals surface area contributed by atoms with E-state index in [0.717, 1.165) is 31.5 Å². The van der Waals surface area contributed by atoms with E-state index in [0.29, 0.717) is 17.2 Å². The molecular weight excluding hydrogens is 369 g/mol. The summed E-state index contributed by atoms with van der Waals surface area (Å²) in [4.78, 5) is 10.7. The second-order valence-electron chi connectivity index (χ2n) is 6.75. The molecule has 3 rings (SSSR count). The second-order valence-corrected chi connectivity index (χ2v) is 6.75. The number of benzene rings is 1. The van der Waals surface area contributed by atoms with Crippen LogP contribution in [-0.4, -0.2) is 28.1 Å². The van der Waals surface area contributed by atoms with E-state index in [2.05, 4.69) is 45.8 Å². The van der Waals surface area contributed by atoms with Crippen molar-refractivity contribution in [3.8, 4) is 0 Å². The van der Waals surface area contributed by atoms with Crippen LogP contribution in [0.5, 0.6) is 0 Å². The lowest BCUT2D eigenvalue weighted by Gasteiger charge is -2.33. The molecule has 2 aromatic rings. The number of hydrogen-bond acceptors (Lipinski definition) is 5. The Labute approximate surface area is 161 Å². The van der Waals surface area contributed by atoms with Gasteiger partial charge in [-0.15, -0.1) is 0 Å². The molecule has 28 heavy (non-hydrogen) atoms. The maximum atomic E-state index is 12.9. The third-order valence-corrected chi connectivity index (χ3v) is 4.56. The molecule has 0 amide bonds. The zero-order valence-corrected chi connectivity index (χ0v) is 16.2. The van der Waals surface area contributed by atoms with Gasteiger partial charge in [-0.25, -0.2) is 9.98 Å². The van der Waals surface area contributed by atoms with Gasteiger partial charge in [-0.05, 0) is 43.7 Å². The summed E-state index contributed by atoms with van der Waals surface area (Å²) in [5, 5.41) is 9.88. The summed E-state index contributed by atoms with van der Waals surface area (Å²) >= 11 is 0. The smallest absolute Gasteiger partial charge is 0.334 e. The third kappa shape index (κ3) is 4.30. The standard InChI is InChI=1S/C19H25F3N6/c1-4-7-13-11-18(5-2,23-6-3)28-17(25-13)24-12-8-9-14-15(10-12)27-16(26-14)19(20,21)22/h8-11,23H,4-7H2,1-3H3,(H,26,27)(H2,24,25,28). The van der Waals surface area contributed by atoms with E-state index in [9.17, 15) is 13.2 Å². The van der Waals surface area contributed by atoms with Gasteiger partial charge in [0.15, 0.2) is 0 Å². The van der Waals surface area contributed by atoms with Crippen molar-refractivity contribution in [2.45, 2.75) is 51.9 Å². The number of aliphatic imine (C=N–C) groups is 1. The molecule has 0 fully saturated rings. The van der Waals surface area contributed by atoms with Gasteiger partial charge >= 0.3 is 6.18 Å². The highest BCUT2D eigenvalue weighted by Gasteiger charge is 2.34. The van der Waals surface area contributed by atoms with Gasteiger partial charge in [0.05, 0.1) is 11.0 Å². The minimum absolute atomic E-state index is 0.263. The summed E-state index contributed by atoms with van der Waals surface area (Å²) in [5.74, 6) is -0.443. The summed E-state index contributed by atoms with van der Waals surface area (Å²) in [6.45, 7) is 6.96. The number of hydrogen-bond donors (Lipinski definition) is 4. The molecule has 0 saturated heterocycles. The first-order valence-electron chi connectivity index (χ1n) is 9.46. The predicted molar refractivity (Wildman–Crippen MR) is 105 cm³/mol. The van der Waals surface area contributed by atoms with Crippen LogP contribution in [0.15, 0.2) is 35.0 Å². The number of guanidine groups is 1. The summed E-state index contributed by atoms with van der Waals surface area (Å²) in [6, 6.07) is 4.83. The average Bonchev–Trinajstić information content (AvgIpc) is 3.06. The molecule has 0 bridgehead atoms. The van der Waals surface area contributed by atoms with Crippen molar-refractivity contribution in [1.82, 2.24) is 20.6 Å². The lowest BCUT2D eigenvalue weighted by molar-refractivity contribution is -0.144. The Kier molecular flexibility index (Phi) is 5.64. The van der Waals surface area contributed by atoms with E-state index in [1.165, 1.54) is 0 Å². The molecule has 1 aromatic heterocycles. The van der Waals surface area contributed by atoms with Crippen molar-refractivity contribution in [2.24, 2.45) is 4.99 Å². The number of allylic oxidation sites excluding steroid dienone is 1. The zero-order valence-electron chi connectivity index (χ0n) is 16.2. The van der Waals surface area contributed by atoms with Crippen LogP contribution in [0, 0.1) is 0 Å². The number of aromatic nitrogens is 2. The Morgan fingerprint density at radius 2 is 1.96 bits per heavy atom. The maximum absolute atomic E-state index is 12.9. The lowest BCUT2D eigenvalue weighted by Crippen LogP contribution is -2.48. The topological polar surface area (TPSA) is 77.1 Å². The Morgan fingerprint density at radius 3 is 2.61 bits per heavy atom. The van der Waals surface area contributed by atoms with Crippen LogP contribution in [0.3, 0.4) is 0 Å². The number of nitrogens with one attached hydrogen (secondary N) is 4. The Bertz CT molecular complexity index is 899. The number of H-pyrrole nitrogens is 1. The molecule has 1 unspecified atom stereocenters. The molecule has 152 valence electrons. The molecule has 1 atom stereocenters. The van der Waals surface area contributed by atoms with Crippen molar-refractivity contribution >= 4 is 22.7 Å². The first kappa shape index (κ1) is 20.2. The molecule has 0 radical (unpaired) electrons. The number of alkyl halides is 3. The quantitative estimate of drug-likeness (QED) is 0.587. The van der Waals surface area contributed by atoms with Gasteiger partial charge in [-0.3, -0.25) is 5.32 Å². The Morgan fingerprint density at radius 1 is 1.18 bits per heavy atom. The number of anilines is 1. The third-order valence-electron chi connectivity index (χ3n) is 4.56. The lowest BCUT2D eigenvalue weighted by atomic mass is 10.0. The van der Waals surface area contributed by atoms with Crippen LogP contribution in [-0.2, 0) is 6.18 Å². The van der Waals surface area contributed by atoms with Crippen molar-refractivity contribution in [1.29, 1.82) is 0 Å². The van der Waals surface area contributed by atoms with Crippen LogP contribution in [0.4, 0.5) is 18.9 Å². The molecule has 6 nitrogen and oxygen atoms in total. The van der Waals surface area contributed by atoms with Crippen molar-refractivity contribution in [3.05, 3.63) is 35.8 Å². The number of aromatic amines is 1. The van der Waals surface area contributed by atoms with Gasteiger partial charge in [-0.2, -0.15) is 13.2 Å². The number of halogens is 3. The van der Waals surface area contributed by atoms with Gasteiger partial charge in [-0.1, -0.05) is 27.2 Å². The van der Waals surface area contributed by atoms with Crippen LogP contribution < -0.4 is 16.0 Å². The Hall–Kier alpha value is -2.55. The van der Waals surface area contributed by atoms with Gasteiger partial charge in [0.25, 0.3) is 0 Å². The maximum Gasteiger partial charge on any atom is 0.449 e. The largest absolute Gasteiger partial charge is 0.449 e. The molecule has 1 aliphatic heterocycles. The normalized spacial score (nSPS) is 19.9. The van der Waals surface area contributed by atoms with E-state index in [1.54, 1.807) is 18.2 Å². The van der Waals surface area contributed by atoms with Gasteiger partial charge in [0.1, 0.15) is 5.66 Å². The molecule has 0 saturated carbocycles. The molecule has 9 heteroatoms. The van der Waals surface area contributed by atoms with Gasteiger partial charge in [0, 0.05) is 11.4 Å². The fourth-order valence-corrected chi connectivity index (χ4v) is 3.26. The monoisotopic (exact) mass is 394 g/mol. The summed E-state index contributed by atoms with van der Waals surface area (Å²) in [6.07, 6.45) is 0.239. The number of fused-ring (bicyclic) bond motifs is 1. The van der Waals surface area contributed by atoms with Gasteiger partial charge in [0.2, 0.25) is 11.8 Å². The van der Waals surface area contributed by atoms with E-state index in [4.69, 9.17) is 4.99 Å². The number of likely N-dealkylation sites (N-methyl/N-ethyl adjacent to an activating group) is 1. The first-order valence-corrected chi connectivity index (χ1v) is 9.46. The van der Waals surface area contributed by atoms with E-state index < -0.39 is 17.7 Å². The van der Waals surface area contributed by atoms with Crippen molar-refractivity contribution < 1.29 is 13.2 Å². The Balaban J connectivity index is 1.88. The predicted octanol–water partition coefficient (Wildman–Crippen LogP) is 4.35. The molecule has 4 N–H and O–H groups in total. The molecular formula is C19H25F3N6. The van der Waals surface area contributed by atoms with E-state index >= 15 is 0 Å². The van der Waals surface area contributed by atoms with Crippen LogP contribution >= 0.6 is 0 Å². The summed E-state index contributed by atoms with van der Waals surface area (Å²) in [7, 11) is 0. The summed E-state index contributed by atoms with van der Waals surface area (Å²) < 4.78 is 38.6. The second kappa shape index (κ2) is 7.83. The molecule has 1 aromatic carbocycles. The molecule has 1 aliphatic rings. The molecule has 2 heterocycles. The molecule has 0 aliphatic carbocycles. The van der Waals surface area contributed by atoms with Crippen LogP contribution in [0.2, 0.25) is 0 Å². The van der Waals surface area contributed by atoms with E-state index in [1.807, 2.05) is 6.92 Å². The highest BCUT2D eigenvalue weighted by atomic mass is 19.4. The fourth-order valence-electron chi connectivity index (χ4n) is 3.26. The zero-order chi connectivity index (χ0) is 20.4. The van der Waals surface area contributed by atoms with Crippen LogP contribution in [0.25, 0.3) is 11.0 Å². The molecule has 0 spiro atoms. The number of nitrogens with zero attached hydrogens (tertiary/aromatic N) is 2. The van der Waals surface area contributed by atoms with Crippen molar-refractivity contribution in [3.63, 3.8) is 0 Å². The highest BCUT2D eigenvalue weighted by Crippen LogP contribution is 2.29. The minimum Gasteiger partial charge on any atom is -0.334 e. The fraction of sp³-hybridized carbons (Fsp3) is 0.474. The summed E-state index contributed by atoms with van der Waals surface area (Å²) in [5.41, 5.74) is 1.75. The van der Waals surface area contributed by atoms with Crippen molar-refractivity contribution in [2.75, 3.05) is 11.9 Å². The SMILES string of the molecule is CCCC1=CC(CC)(NCC)N=C(Nc2ccc3nc(C(F)(F)F)[nH]c3c2)N1. The number of rotatable bonds is 6. The van der Waals surface area contributed by atoms with E-state index in [-0.39, 0.29) is 5.52 Å². The average molecular weight is 394 g/mol. The highest BCUT2D eigenvalue weighted by molar-refractivity contribution is 5.97.